The SMILES string of the molecule is CC[C@@H](C)NS(=O)(=O)c1ccc(C(=O)NC2(C(=O)OC)CCSCC2)cc1. The van der Waals surface area contributed by atoms with Crippen LogP contribution in [0.25, 0.3) is 0 Å². The van der Waals surface area contributed by atoms with Gasteiger partial charge in [0.05, 0.1) is 12.0 Å². The molecule has 0 bridgehead atoms. The van der Waals surface area contributed by atoms with Gasteiger partial charge in [0.25, 0.3) is 5.91 Å². The number of methoxy groups -OCH3 is 1. The average molecular weight is 415 g/mol. The molecule has 1 amide bonds. The number of sulfonamides is 1. The summed E-state index contributed by atoms with van der Waals surface area (Å²) in [5, 5.41) is 2.81. The summed E-state index contributed by atoms with van der Waals surface area (Å²) in [5.74, 6) is 0.640. The van der Waals surface area contributed by atoms with Gasteiger partial charge < -0.3 is 10.1 Å². The molecule has 27 heavy (non-hydrogen) atoms. The van der Waals surface area contributed by atoms with E-state index in [9.17, 15) is 18.0 Å². The Kier molecular flexibility index (Phi) is 7.30. The van der Waals surface area contributed by atoms with Crippen LogP contribution in [0.4, 0.5) is 0 Å². The Morgan fingerprint density at radius 3 is 2.33 bits per heavy atom. The van der Waals surface area contributed by atoms with Crippen LogP contribution in [0, 0.1) is 0 Å². The highest BCUT2D eigenvalue weighted by Crippen LogP contribution is 2.28. The number of carbonyl (C=O) groups excluding carboxylic acids is 2. The van der Waals surface area contributed by atoms with Crippen LogP contribution >= 0.6 is 11.8 Å². The Morgan fingerprint density at radius 2 is 1.81 bits per heavy atom. The summed E-state index contributed by atoms with van der Waals surface area (Å²) in [6.07, 6.45) is 1.68. The fourth-order valence-corrected chi connectivity index (χ4v) is 5.30. The number of nitrogens with one attached hydrogen (secondary N) is 2. The molecule has 0 aliphatic carbocycles. The molecule has 7 nitrogen and oxygen atoms in total. The van der Waals surface area contributed by atoms with E-state index in [0.717, 1.165) is 11.5 Å². The maximum atomic E-state index is 12.6. The molecule has 2 N–H and O–H groups in total. The quantitative estimate of drug-likeness (QED) is 0.661. The molecule has 0 saturated carbocycles. The largest absolute Gasteiger partial charge is 0.467 e. The zero-order chi connectivity index (χ0) is 20.1. The lowest BCUT2D eigenvalue weighted by atomic mass is 9.91. The fourth-order valence-electron chi connectivity index (χ4n) is 2.79. The standard InChI is InChI=1S/C18H26N2O5S2/c1-4-13(2)20-27(23,24)15-7-5-14(6-8-15)16(21)19-18(17(22)25-3)9-11-26-12-10-18/h5-8,13,20H,4,9-12H2,1-3H3,(H,19,21)/t13-/m1/s1. The van der Waals surface area contributed by atoms with Crippen molar-refractivity contribution in [2.24, 2.45) is 0 Å². The molecule has 150 valence electrons. The van der Waals surface area contributed by atoms with Crippen molar-refractivity contribution < 1.29 is 22.7 Å². The summed E-state index contributed by atoms with van der Waals surface area (Å²) >= 11 is 1.73. The topological polar surface area (TPSA) is 102 Å². The molecule has 1 fully saturated rings. The maximum absolute atomic E-state index is 12.6. The van der Waals surface area contributed by atoms with Crippen molar-refractivity contribution in [2.45, 2.75) is 49.6 Å². The van der Waals surface area contributed by atoms with Crippen molar-refractivity contribution in [1.29, 1.82) is 0 Å². The van der Waals surface area contributed by atoms with Crippen LogP contribution in [0.2, 0.25) is 0 Å². The number of thioether (sulfide) groups is 1. The van der Waals surface area contributed by atoms with Crippen LogP contribution in [0.1, 0.15) is 43.5 Å². The van der Waals surface area contributed by atoms with E-state index >= 15 is 0 Å². The second kappa shape index (κ2) is 9.07. The summed E-state index contributed by atoms with van der Waals surface area (Å²) in [5.41, 5.74) is -0.737. The van der Waals surface area contributed by atoms with Crippen molar-refractivity contribution in [3.8, 4) is 0 Å². The molecule has 0 spiro atoms. The van der Waals surface area contributed by atoms with E-state index in [1.807, 2.05) is 6.92 Å². The molecule has 1 aromatic rings. The summed E-state index contributed by atoms with van der Waals surface area (Å²) < 4.78 is 32.1. The third kappa shape index (κ3) is 5.24. The van der Waals surface area contributed by atoms with Crippen LogP contribution in [0.5, 0.6) is 0 Å². The van der Waals surface area contributed by atoms with Crippen LogP contribution < -0.4 is 10.0 Å². The smallest absolute Gasteiger partial charge is 0.331 e. The van der Waals surface area contributed by atoms with Gasteiger partial charge in [-0.2, -0.15) is 11.8 Å². The van der Waals surface area contributed by atoms with Gasteiger partial charge in [0, 0.05) is 11.6 Å². The number of amides is 1. The molecular weight excluding hydrogens is 388 g/mol. The van der Waals surface area contributed by atoms with E-state index in [1.54, 1.807) is 18.7 Å². The Balaban J connectivity index is 2.16. The Bertz CT molecular complexity index is 771. The summed E-state index contributed by atoms with van der Waals surface area (Å²) in [7, 11) is -2.32. The normalized spacial score (nSPS) is 17.7. The highest BCUT2D eigenvalue weighted by atomic mass is 32.2. The Labute approximate surface area is 164 Å². The highest BCUT2D eigenvalue weighted by molar-refractivity contribution is 7.99. The van der Waals surface area contributed by atoms with E-state index in [4.69, 9.17) is 4.74 Å². The van der Waals surface area contributed by atoms with Crippen LogP contribution in [0.3, 0.4) is 0 Å². The summed E-state index contributed by atoms with van der Waals surface area (Å²) in [4.78, 5) is 25.0. The Hall–Kier alpha value is -1.58. The van der Waals surface area contributed by atoms with Crippen molar-refractivity contribution in [3.05, 3.63) is 29.8 Å². The van der Waals surface area contributed by atoms with E-state index in [2.05, 4.69) is 10.0 Å². The number of carbonyl (C=O) groups is 2. The van der Waals surface area contributed by atoms with E-state index in [0.29, 0.717) is 24.8 Å². The first kappa shape index (κ1) is 21.7. The number of hydrogen-bond donors (Lipinski definition) is 2. The van der Waals surface area contributed by atoms with Gasteiger partial charge in [-0.25, -0.2) is 17.9 Å². The first-order chi connectivity index (χ1) is 12.7. The lowest BCUT2D eigenvalue weighted by molar-refractivity contribution is -0.148. The van der Waals surface area contributed by atoms with Gasteiger partial charge in [0.2, 0.25) is 10.0 Å². The van der Waals surface area contributed by atoms with Crippen LogP contribution in [0.15, 0.2) is 29.2 Å². The van der Waals surface area contributed by atoms with Gasteiger partial charge in [0.1, 0.15) is 5.54 Å². The first-order valence-corrected chi connectivity index (χ1v) is 11.5. The number of ether oxygens (including phenoxy) is 1. The second-order valence-electron chi connectivity index (χ2n) is 6.60. The minimum Gasteiger partial charge on any atom is -0.467 e. The van der Waals surface area contributed by atoms with Crippen molar-refractivity contribution >= 4 is 33.7 Å². The van der Waals surface area contributed by atoms with E-state index in [1.165, 1.54) is 31.4 Å². The molecular formula is C18H26N2O5S2. The minimum absolute atomic E-state index is 0.0936. The average Bonchev–Trinajstić information content (AvgIpc) is 2.67. The third-order valence-electron chi connectivity index (χ3n) is 4.67. The fraction of sp³-hybridized carbons (Fsp3) is 0.556. The van der Waals surface area contributed by atoms with E-state index < -0.39 is 27.4 Å². The van der Waals surface area contributed by atoms with Crippen LogP contribution in [-0.4, -0.2) is 50.5 Å². The number of benzene rings is 1. The molecule has 9 heteroatoms. The van der Waals surface area contributed by atoms with Crippen molar-refractivity contribution in [3.63, 3.8) is 0 Å². The lowest BCUT2D eigenvalue weighted by Gasteiger charge is -2.34. The van der Waals surface area contributed by atoms with Gasteiger partial charge in [-0.05, 0) is 62.0 Å². The molecule has 1 aromatic carbocycles. The molecule has 0 unspecified atom stereocenters. The highest BCUT2D eigenvalue weighted by Gasteiger charge is 2.42. The first-order valence-electron chi connectivity index (χ1n) is 8.85. The zero-order valence-electron chi connectivity index (χ0n) is 15.8. The predicted molar refractivity (Wildman–Crippen MR) is 105 cm³/mol. The predicted octanol–water partition coefficient (Wildman–Crippen LogP) is 1.93. The van der Waals surface area contributed by atoms with E-state index in [-0.39, 0.29) is 10.9 Å². The molecule has 1 saturated heterocycles. The number of esters is 1. The van der Waals surface area contributed by atoms with Gasteiger partial charge in [-0.1, -0.05) is 6.92 Å². The summed E-state index contributed by atoms with van der Waals surface area (Å²) in [6, 6.07) is 5.50. The molecule has 1 aliphatic rings. The molecule has 1 heterocycles. The van der Waals surface area contributed by atoms with Crippen molar-refractivity contribution in [1.82, 2.24) is 10.0 Å². The molecule has 1 aliphatic heterocycles. The van der Waals surface area contributed by atoms with Gasteiger partial charge in [0.15, 0.2) is 0 Å². The van der Waals surface area contributed by atoms with Gasteiger partial charge in [-0.3, -0.25) is 4.79 Å². The summed E-state index contributed by atoms with van der Waals surface area (Å²) in [6.45, 7) is 3.68. The molecule has 2 rings (SSSR count). The van der Waals surface area contributed by atoms with Gasteiger partial charge >= 0.3 is 5.97 Å². The maximum Gasteiger partial charge on any atom is 0.331 e. The molecule has 1 atom stereocenters. The molecule has 0 aromatic heterocycles. The Morgan fingerprint density at radius 1 is 1.22 bits per heavy atom. The zero-order valence-corrected chi connectivity index (χ0v) is 17.4. The van der Waals surface area contributed by atoms with Crippen molar-refractivity contribution in [2.75, 3.05) is 18.6 Å². The second-order valence-corrected chi connectivity index (χ2v) is 9.53. The number of rotatable bonds is 7. The monoisotopic (exact) mass is 414 g/mol. The third-order valence-corrected chi connectivity index (χ3v) is 7.26. The minimum atomic E-state index is -3.63. The number of hydrogen-bond acceptors (Lipinski definition) is 6. The lowest BCUT2D eigenvalue weighted by Crippen LogP contribution is -2.57. The van der Waals surface area contributed by atoms with Gasteiger partial charge in [-0.15, -0.1) is 0 Å². The van der Waals surface area contributed by atoms with Crippen LogP contribution in [-0.2, 0) is 19.6 Å². The molecule has 0 radical (unpaired) electrons.